The number of hydrogen-bond acceptors (Lipinski definition) is 8. The van der Waals surface area contributed by atoms with Crippen LogP contribution in [-0.4, -0.2) is 81.8 Å². The molecule has 8 rings (SSSR count). The van der Waals surface area contributed by atoms with Gasteiger partial charge in [-0.3, -0.25) is 0 Å². The Morgan fingerprint density at radius 2 is 1.58 bits per heavy atom. The Hall–Kier alpha value is -0.580. The van der Waals surface area contributed by atoms with Crippen molar-refractivity contribution in [2.24, 2.45) is 50.7 Å². The van der Waals surface area contributed by atoms with E-state index in [0.29, 0.717) is 17.8 Å². The number of hydrogen-bond donors (Lipinski definition) is 4. The molecule has 2 bridgehead atoms. The van der Waals surface area contributed by atoms with E-state index >= 15 is 0 Å². The van der Waals surface area contributed by atoms with E-state index in [-0.39, 0.29) is 57.9 Å². The van der Waals surface area contributed by atoms with Gasteiger partial charge in [0.15, 0.2) is 12.1 Å². The second kappa shape index (κ2) is 8.85. The average Bonchev–Trinajstić information content (AvgIpc) is 3.46. The summed E-state index contributed by atoms with van der Waals surface area (Å²) in [6.45, 7) is 18.1. The molecule has 8 nitrogen and oxygen atoms in total. The molecule has 0 unspecified atom stereocenters. The zero-order valence-electron chi connectivity index (χ0n) is 26.9. The lowest BCUT2D eigenvalue weighted by molar-refractivity contribution is -0.303. The van der Waals surface area contributed by atoms with Gasteiger partial charge in [-0.1, -0.05) is 41.2 Å². The fourth-order valence-electron chi connectivity index (χ4n) is 13.8. The zero-order chi connectivity index (χ0) is 30.7. The van der Waals surface area contributed by atoms with Gasteiger partial charge in [-0.25, -0.2) is 0 Å². The van der Waals surface area contributed by atoms with Crippen molar-refractivity contribution in [3.05, 3.63) is 12.2 Å². The second-order valence-electron chi connectivity index (χ2n) is 17.5. The molecular formula is C35H54O8. The fraction of sp³-hybridized carbons (Fsp3) is 0.943. The Morgan fingerprint density at radius 1 is 0.884 bits per heavy atom. The van der Waals surface area contributed by atoms with Crippen molar-refractivity contribution in [1.82, 2.24) is 0 Å². The lowest BCUT2D eigenvalue weighted by Gasteiger charge is -2.63. The van der Waals surface area contributed by atoms with Crippen LogP contribution in [0.3, 0.4) is 0 Å². The lowest BCUT2D eigenvalue weighted by Crippen LogP contribution is -2.61. The summed E-state index contributed by atoms with van der Waals surface area (Å²) in [6.07, 6.45) is 2.97. The molecule has 8 fully saturated rings. The maximum Gasteiger partial charge on any atom is 0.199 e. The molecule has 3 saturated heterocycles. The van der Waals surface area contributed by atoms with Crippen LogP contribution in [0.15, 0.2) is 12.2 Å². The maximum atomic E-state index is 12.6. The highest BCUT2D eigenvalue weighted by molar-refractivity contribution is 5.34. The largest absolute Gasteiger partial charge is 0.388 e. The van der Waals surface area contributed by atoms with E-state index in [9.17, 15) is 20.4 Å². The predicted octanol–water partition coefficient (Wildman–Crippen LogP) is 3.93. The molecule has 242 valence electrons. The fourth-order valence-corrected chi connectivity index (χ4v) is 13.8. The minimum absolute atomic E-state index is 0.0326. The summed E-state index contributed by atoms with van der Waals surface area (Å²) in [5.41, 5.74) is 0.877. The highest BCUT2D eigenvalue weighted by Gasteiger charge is 2.88. The van der Waals surface area contributed by atoms with Gasteiger partial charge in [-0.2, -0.15) is 0 Å². The third-order valence-corrected chi connectivity index (χ3v) is 15.7. The van der Waals surface area contributed by atoms with Gasteiger partial charge in [0.25, 0.3) is 0 Å². The molecule has 5 saturated carbocycles. The monoisotopic (exact) mass is 602 g/mol. The van der Waals surface area contributed by atoms with E-state index in [4.69, 9.17) is 18.9 Å². The first kappa shape index (κ1) is 29.8. The first-order chi connectivity index (χ1) is 20.1. The molecule has 4 N–H and O–H groups in total. The standard InChI is InChI=1S/C35H54O8/c1-17(2)26-20-14-18(3)27-31(6)12-13-34-16-33(34)11-10-23(41-28-25(38)24(37)19(36)15-40-28)30(4,5)21(33)8-9-22(34)32(31,7)29(39)35(27,42-20)43-26/h18-29,36-39H,1,8-16H2,2-7H3/t18-,19-,20-,21-,22+,23+,24+,25-,26-,27-,28+,29+,31-,32+,33-,34+,35+/m1/s1. The van der Waals surface area contributed by atoms with E-state index < -0.39 is 36.5 Å². The molecule has 0 aromatic heterocycles. The maximum absolute atomic E-state index is 12.6. The first-order valence-corrected chi connectivity index (χ1v) is 17.1. The molecule has 43 heavy (non-hydrogen) atoms. The Labute approximate surface area is 256 Å². The molecule has 8 heteroatoms. The Kier molecular flexibility index (Phi) is 6.14. The topological polar surface area (TPSA) is 118 Å². The normalized spacial score (nSPS) is 62.8. The highest BCUT2D eigenvalue weighted by Crippen LogP contribution is 2.90. The smallest absolute Gasteiger partial charge is 0.199 e. The second-order valence-corrected chi connectivity index (χ2v) is 17.5. The predicted molar refractivity (Wildman–Crippen MR) is 157 cm³/mol. The van der Waals surface area contributed by atoms with Crippen molar-refractivity contribution in [2.75, 3.05) is 6.61 Å². The molecule has 17 atom stereocenters. The molecule has 3 spiro atoms. The first-order valence-electron chi connectivity index (χ1n) is 17.1. The summed E-state index contributed by atoms with van der Waals surface area (Å²) in [7, 11) is 0. The van der Waals surface area contributed by atoms with Crippen molar-refractivity contribution in [3.63, 3.8) is 0 Å². The lowest BCUT2D eigenvalue weighted by atomic mass is 9.41. The van der Waals surface area contributed by atoms with Crippen molar-refractivity contribution < 1.29 is 39.4 Å². The zero-order valence-corrected chi connectivity index (χ0v) is 26.9. The van der Waals surface area contributed by atoms with Crippen molar-refractivity contribution in [2.45, 2.75) is 148 Å². The summed E-state index contributed by atoms with van der Waals surface area (Å²) in [4.78, 5) is 0. The van der Waals surface area contributed by atoms with Gasteiger partial charge in [0.05, 0.1) is 18.8 Å². The van der Waals surface area contributed by atoms with Crippen LogP contribution in [0.2, 0.25) is 0 Å². The van der Waals surface area contributed by atoms with E-state index in [2.05, 4.69) is 41.2 Å². The van der Waals surface area contributed by atoms with Crippen LogP contribution in [0.4, 0.5) is 0 Å². The van der Waals surface area contributed by atoms with Gasteiger partial charge >= 0.3 is 0 Å². The molecule has 3 aliphatic heterocycles. The van der Waals surface area contributed by atoms with E-state index in [0.717, 1.165) is 44.1 Å². The third-order valence-electron chi connectivity index (χ3n) is 15.7. The van der Waals surface area contributed by atoms with Gasteiger partial charge in [0, 0.05) is 11.3 Å². The molecule has 5 aliphatic carbocycles. The molecule has 8 aliphatic rings. The van der Waals surface area contributed by atoms with Crippen molar-refractivity contribution >= 4 is 0 Å². The van der Waals surface area contributed by atoms with Gasteiger partial charge in [0.2, 0.25) is 0 Å². The molecule has 0 aromatic carbocycles. The number of fused-ring (bicyclic) bond motifs is 4. The van der Waals surface area contributed by atoms with Crippen LogP contribution in [0.5, 0.6) is 0 Å². The van der Waals surface area contributed by atoms with Crippen molar-refractivity contribution in [3.8, 4) is 0 Å². The Balaban J connectivity index is 1.10. The molecular weight excluding hydrogens is 548 g/mol. The summed E-state index contributed by atoms with van der Waals surface area (Å²) < 4.78 is 25.9. The van der Waals surface area contributed by atoms with Crippen LogP contribution in [0, 0.1) is 50.7 Å². The Bertz CT molecular complexity index is 1210. The number of aliphatic hydroxyl groups excluding tert-OH is 4. The Morgan fingerprint density at radius 3 is 2.30 bits per heavy atom. The van der Waals surface area contributed by atoms with Crippen LogP contribution in [0.1, 0.15) is 92.9 Å². The molecule has 0 aromatic rings. The van der Waals surface area contributed by atoms with Gasteiger partial charge in [0.1, 0.15) is 30.5 Å². The SMILES string of the molecule is C=C(C)[C@H]1O[C@@]23O[C@@H]1C[C@@H](C)[C@@H]2[C@@]1(C)CC[C@@]24C[C@@]25CC[C@H](O[C@@H]2OC[C@@H](O)[C@H](O)[C@H]2O)C(C)(C)[C@H]5CC[C@H]4[C@@]1(C)[C@@H]3O. The summed E-state index contributed by atoms with van der Waals surface area (Å²) >= 11 is 0. The average molecular weight is 603 g/mol. The molecule has 0 radical (unpaired) electrons. The van der Waals surface area contributed by atoms with Gasteiger partial charge in [-0.05, 0) is 103 Å². The molecule has 3 heterocycles. The van der Waals surface area contributed by atoms with E-state index in [1.165, 1.54) is 12.8 Å². The quantitative estimate of drug-likeness (QED) is 0.284. The summed E-state index contributed by atoms with van der Waals surface area (Å²) in [5.74, 6) is 0.477. The number of ether oxygens (including phenoxy) is 4. The van der Waals surface area contributed by atoms with Gasteiger partial charge < -0.3 is 39.4 Å². The minimum Gasteiger partial charge on any atom is -0.388 e. The van der Waals surface area contributed by atoms with E-state index in [1.807, 2.05) is 6.92 Å². The third kappa shape index (κ3) is 3.26. The number of aliphatic hydroxyl groups is 4. The van der Waals surface area contributed by atoms with Crippen molar-refractivity contribution in [1.29, 1.82) is 0 Å². The highest BCUT2D eigenvalue weighted by atomic mass is 16.8. The van der Waals surface area contributed by atoms with Crippen LogP contribution in [-0.2, 0) is 18.9 Å². The van der Waals surface area contributed by atoms with Gasteiger partial charge in [-0.15, -0.1) is 0 Å². The van der Waals surface area contributed by atoms with E-state index in [1.54, 1.807) is 0 Å². The van der Waals surface area contributed by atoms with Crippen LogP contribution in [0.25, 0.3) is 0 Å². The summed E-state index contributed by atoms with van der Waals surface area (Å²) in [6, 6.07) is 0. The summed E-state index contributed by atoms with van der Waals surface area (Å²) in [5, 5.41) is 43.4. The van der Waals surface area contributed by atoms with Crippen LogP contribution >= 0.6 is 0 Å². The minimum atomic E-state index is -1.27. The van der Waals surface area contributed by atoms with Crippen LogP contribution < -0.4 is 0 Å². The number of rotatable bonds is 3. The molecule has 0 amide bonds.